The van der Waals surface area contributed by atoms with Crippen LogP contribution in [0.2, 0.25) is 0 Å². The van der Waals surface area contributed by atoms with Crippen LogP contribution in [0.5, 0.6) is 0 Å². The van der Waals surface area contributed by atoms with Crippen LogP contribution in [0.1, 0.15) is 12.0 Å². The summed E-state index contributed by atoms with van der Waals surface area (Å²) in [6, 6.07) is 5.79. The molecule has 0 atom stereocenters. The van der Waals surface area contributed by atoms with Gasteiger partial charge in [0.25, 0.3) is 0 Å². The molecule has 2 rings (SSSR count). The Kier molecular flexibility index (Phi) is 4.86. The van der Waals surface area contributed by atoms with E-state index in [1.165, 1.54) is 0 Å². The highest BCUT2D eigenvalue weighted by Gasteiger charge is 2.02. The summed E-state index contributed by atoms with van der Waals surface area (Å²) in [7, 11) is 0. The number of thiocarbonyl (C=S) groups is 1. The molecule has 0 unspecified atom stereocenters. The van der Waals surface area contributed by atoms with Crippen LogP contribution in [-0.2, 0) is 6.54 Å². The van der Waals surface area contributed by atoms with Crippen LogP contribution in [0.15, 0.2) is 35.1 Å². The van der Waals surface area contributed by atoms with Gasteiger partial charge in [0.2, 0.25) is 0 Å². The number of halogens is 1. The van der Waals surface area contributed by atoms with Crippen molar-refractivity contribution in [3.63, 3.8) is 0 Å². The lowest BCUT2D eigenvalue weighted by Crippen LogP contribution is -2.10. The summed E-state index contributed by atoms with van der Waals surface area (Å²) in [4.78, 5) is 0.401. The van der Waals surface area contributed by atoms with Crippen molar-refractivity contribution in [2.24, 2.45) is 5.73 Å². The van der Waals surface area contributed by atoms with Gasteiger partial charge in [-0.05, 0) is 40.5 Å². The molecule has 3 N–H and O–H groups in total. The Morgan fingerprint density at radius 2 is 2.32 bits per heavy atom. The summed E-state index contributed by atoms with van der Waals surface area (Å²) >= 11 is 8.44. The first-order valence-electron chi connectivity index (χ1n) is 5.84. The summed E-state index contributed by atoms with van der Waals surface area (Å²) in [5.41, 5.74) is 7.47. The third kappa shape index (κ3) is 4.00. The lowest BCUT2D eigenvalue weighted by Gasteiger charge is -2.09. The molecule has 0 saturated heterocycles. The molecule has 0 saturated carbocycles. The Hall–Kier alpha value is -1.47. The Labute approximate surface area is 125 Å². The maximum absolute atomic E-state index is 5.58. The highest BCUT2D eigenvalue weighted by molar-refractivity contribution is 9.10. The molecule has 0 aliphatic heterocycles. The van der Waals surface area contributed by atoms with Gasteiger partial charge in [0, 0.05) is 35.0 Å². The fourth-order valence-electron chi connectivity index (χ4n) is 1.63. The predicted molar refractivity (Wildman–Crippen MR) is 83.2 cm³/mol. The van der Waals surface area contributed by atoms with Crippen molar-refractivity contribution in [1.29, 1.82) is 0 Å². The van der Waals surface area contributed by atoms with Gasteiger partial charge in [-0.3, -0.25) is 4.68 Å². The van der Waals surface area contributed by atoms with E-state index in [1.807, 2.05) is 29.1 Å². The average molecular weight is 340 g/mol. The smallest absolute Gasteiger partial charge is 0.104 e. The molecular weight excluding hydrogens is 326 g/mol. The van der Waals surface area contributed by atoms with E-state index in [0.29, 0.717) is 4.99 Å². The van der Waals surface area contributed by atoms with Crippen LogP contribution < -0.4 is 11.1 Å². The van der Waals surface area contributed by atoms with E-state index in [2.05, 4.69) is 31.6 Å². The number of hydrogen-bond donors (Lipinski definition) is 2. The van der Waals surface area contributed by atoms with Gasteiger partial charge in [-0.2, -0.15) is 0 Å². The first-order chi connectivity index (χ1) is 9.16. The Morgan fingerprint density at radius 1 is 1.47 bits per heavy atom. The number of aryl methyl sites for hydroxylation is 1. The van der Waals surface area contributed by atoms with Gasteiger partial charge in [-0.15, -0.1) is 5.10 Å². The second-order valence-electron chi connectivity index (χ2n) is 4.01. The van der Waals surface area contributed by atoms with E-state index in [1.54, 1.807) is 6.20 Å². The Bertz CT molecular complexity index is 555. The largest absolute Gasteiger partial charge is 0.389 e. The van der Waals surface area contributed by atoms with Crippen molar-refractivity contribution in [2.45, 2.75) is 13.0 Å². The molecule has 0 amide bonds. The molecule has 0 radical (unpaired) electrons. The third-order valence-electron chi connectivity index (χ3n) is 2.60. The SMILES string of the molecule is NC(=S)c1ccc(NCCCn2ccnn2)c(Br)c1. The summed E-state index contributed by atoms with van der Waals surface area (Å²) in [6.07, 6.45) is 4.50. The molecule has 1 heterocycles. The zero-order valence-electron chi connectivity index (χ0n) is 10.2. The number of anilines is 1. The van der Waals surface area contributed by atoms with Crippen molar-refractivity contribution in [1.82, 2.24) is 15.0 Å². The van der Waals surface area contributed by atoms with Gasteiger partial charge in [0.05, 0.1) is 6.20 Å². The molecule has 0 spiro atoms. The van der Waals surface area contributed by atoms with Gasteiger partial charge in [0.1, 0.15) is 4.99 Å². The van der Waals surface area contributed by atoms with E-state index < -0.39 is 0 Å². The van der Waals surface area contributed by atoms with Gasteiger partial charge >= 0.3 is 0 Å². The standard InChI is InChI=1S/C12H14BrN5S/c13-10-8-9(12(14)19)2-3-11(10)15-4-1-6-18-7-5-16-17-18/h2-3,5,7-8,15H,1,4,6H2,(H2,14,19). The summed E-state index contributed by atoms with van der Waals surface area (Å²) in [6.45, 7) is 1.69. The molecule has 0 bridgehead atoms. The topological polar surface area (TPSA) is 68.8 Å². The quantitative estimate of drug-likeness (QED) is 0.623. The fraction of sp³-hybridized carbons (Fsp3) is 0.250. The molecule has 0 aliphatic carbocycles. The first-order valence-corrected chi connectivity index (χ1v) is 7.04. The zero-order chi connectivity index (χ0) is 13.7. The van der Waals surface area contributed by atoms with Gasteiger partial charge in [-0.25, -0.2) is 0 Å². The van der Waals surface area contributed by atoms with Gasteiger partial charge in [0.15, 0.2) is 0 Å². The predicted octanol–water partition coefficient (Wildman–Crippen LogP) is 2.18. The monoisotopic (exact) mass is 339 g/mol. The maximum Gasteiger partial charge on any atom is 0.104 e. The van der Waals surface area contributed by atoms with Crippen LogP contribution >= 0.6 is 28.1 Å². The molecular formula is C12H14BrN5S. The van der Waals surface area contributed by atoms with Crippen molar-refractivity contribution in [3.05, 3.63) is 40.6 Å². The first kappa shape index (κ1) is 14.0. The summed E-state index contributed by atoms with van der Waals surface area (Å²) < 4.78 is 2.77. The van der Waals surface area contributed by atoms with Crippen LogP contribution in [-0.4, -0.2) is 26.5 Å². The van der Waals surface area contributed by atoms with E-state index in [9.17, 15) is 0 Å². The molecule has 0 aliphatic rings. The van der Waals surface area contributed by atoms with Gasteiger partial charge in [-0.1, -0.05) is 17.4 Å². The molecule has 2 aromatic rings. The highest BCUT2D eigenvalue weighted by atomic mass is 79.9. The second-order valence-corrected chi connectivity index (χ2v) is 5.30. The summed E-state index contributed by atoms with van der Waals surface area (Å²) in [5, 5.41) is 11.0. The molecule has 5 nitrogen and oxygen atoms in total. The van der Waals surface area contributed by atoms with Crippen LogP contribution in [0.25, 0.3) is 0 Å². The minimum Gasteiger partial charge on any atom is -0.389 e. The van der Waals surface area contributed by atoms with E-state index in [4.69, 9.17) is 18.0 Å². The number of nitrogens with zero attached hydrogens (tertiary/aromatic N) is 3. The van der Waals surface area contributed by atoms with Crippen molar-refractivity contribution >= 4 is 38.8 Å². The van der Waals surface area contributed by atoms with Crippen LogP contribution in [0.4, 0.5) is 5.69 Å². The van der Waals surface area contributed by atoms with Crippen molar-refractivity contribution in [3.8, 4) is 0 Å². The van der Waals surface area contributed by atoms with Crippen LogP contribution in [0.3, 0.4) is 0 Å². The lowest BCUT2D eigenvalue weighted by atomic mass is 10.2. The number of hydrogen-bond acceptors (Lipinski definition) is 4. The average Bonchev–Trinajstić information content (AvgIpc) is 2.89. The molecule has 1 aromatic carbocycles. The van der Waals surface area contributed by atoms with Crippen molar-refractivity contribution in [2.75, 3.05) is 11.9 Å². The third-order valence-corrected chi connectivity index (χ3v) is 3.50. The number of rotatable bonds is 6. The number of nitrogens with two attached hydrogens (primary N) is 1. The number of aromatic nitrogens is 3. The number of benzene rings is 1. The Balaban J connectivity index is 1.84. The van der Waals surface area contributed by atoms with Gasteiger partial charge < -0.3 is 11.1 Å². The highest BCUT2D eigenvalue weighted by Crippen LogP contribution is 2.23. The molecule has 19 heavy (non-hydrogen) atoms. The molecule has 100 valence electrons. The minimum atomic E-state index is 0.401. The molecule has 0 fully saturated rings. The second kappa shape index (κ2) is 6.63. The molecule has 7 heteroatoms. The fourth-order valence-corrected chi connectivity index (χ4v) is 2.27. The maximum atomic E-state index is 5.58. The van der Waals surface area contributed by atoms with E-state index in [0.717, 1.165) is 35.2 Å². The van der Waals surface area contributed by atoms with E-state index in [-0.39, 0.29) is 0 Å². The summed E-state index contributed by atoms with van der Waals surface area (Å²) in [5.74, 6) is 0. The lowest BCUT2D eigenvalue weighted by molar-refractivity contribution is 0.570. The van der Waals surface area contributed by atoms with Crippen LogP contribution in [0, 0.1) is 0 Å². The normalized spacial score (nSPS) is 10.4. The minimum absolute atomic E-state index is 0.401. The molecule has 1 aromatic heterocycles. The van der Waals surface area contributed by atoms with E-state index >= 15 is 0 Å². The zero-order valence-corrected chi connectivity index (χ0v) is 12.6. The Morgan fingerprint density at radius 3 is 2.95 bits per heavy atom. The number of nitrogens with one attached hydrogen (secondary N) is 1. The van der Waals surface area contributed by atoms with Crippen molar-refractivity contribution < 1.29 is 0 Å².